The first-order valence-electron chi connectivity index (χ1n) is 20.3. The van der Waals surface area contributed by atoms with E-state index in [9.17, 15) is 0 Å². The van der Waals surface area contributed by atoms with E-state index in [1.54, 1.807) is 0 Å². The normalized spacial score (nSPS) is 12.5. The first kappa shape index (κ1) is 30.7. The van der Waals surface area contributed by atoms with Crippen molar-refractivity contribution in [1.82, 2.24) is 0 Å². The molecule has 0 radical (unpaired) electrons. The van der Waals surface area contributed by atoms with Crippen LogP contribution < -0.4 is 0 Å². The monoisotopic (exact) mass is 728 g/mol. The molecule has 0 atom stereocenters. The molecule has 0 unspecified atom stereocenters. The molecule has 0 spiro atoms. The molecule has 0 saturated carbocycles. The van der Waals surface area contributed by atoms with Crippen LogP contribution in [-0.4, -0.2) is 0 Å². The van der Waals surface area contributed by atoms with Crippen LogP contribution in [0.25, 0.3) is 142 Å². The number of rotatable bonds is 2. The van der Waals surface area contributed by atoms with Crippen LogP contribution >= 0.6 is 0 Å². The Bertz CT molecular complexity index is 3810. The second-order valence-electron chi connectivity index (χ2n) is 16.2. The summed E-state index contributed by atoms with van der Waals surface area (Å²) in [4.78, 5) is 0. The van der Waals surface area contributed by atoms with Crippen molar-refractivity contribution in [3.8, 4) is 66.8 Å². The highest BCUT2D eigenvalue weighted by Crippen LogP contribution is 2.60. The van der Waals surface area contributed by atoms with Crippen LogP contribution in [0.4, 0.5) is 0 Å². The zero-order chi connectivity index (χ0) is 37.6. The molecule has 2 aliphatic rings. The van der Waals surface area contributed by atoms with Crippen molar-refractivity contribution in [2.45, 2.75) is 0 Å². The lowest BCUT2D eigenvalue weighted by molar-refractivity contribution is 1.63. The molecule has 0 heteroatoms. The minimum Gasteiger partial charge on any atom is -0.0622 e. The van der Waals surface area contributed by atoms with Crippen molar-refractivity contribution >= 4 is 75.4 Å². The van der Waals surface area contributed by atoms with E-state index in [0.29, 0.717) is 0 Å². The Balaban J connectivity index is 1.16. The van der Waals surface area contributed by atoms with Crippen molar-refractivity contribution in [3.05, 3.63) is 194 Å². The van der Waals surface area contributed by atoms with Gasteiger partial charge in [-0.3, -0.25) is 0 Å². The molecule has 0 nitrogen and oxygen atoms in total. The highest BCUT2D eigenvalue weighted by molar-refractivity contribution is 6.35. The summed E-state index contributed by atoms with van der Waals surface area (Å²) in [6.45, 7) is 0. The van der Waals surface area contributed by atoms with Crippen LogP contribution in [-0.2, 0) is 0 Å². The first-order valence-corrected chi connectivity index (χ1v) is 20.3. The van der Waals surface area contributed by atoms with E-state index < -0.39 is 0 Å². The van der Waals surface area contributed by atoms with Crippen molar-refractivity contribution in [3.63, 3.8) is 0 Å². The topological polar surface area (TPSA) is 0 Å². The van der Waals surface area contributed by atoms with Gasteiger partial charge in [-0.1, -0.05) is 170 Å². The fourth-order valence-electron chi connectivity index (χ4n) is 11.1. The highest BCUT2D eigenvalue weighted by atomic mass is 14.3. The third kappa shape index (κ3) is 3.85. The molecule has 264 valence electrons. The van der Waals surface area contributed by atoms with Crippen LogP contribution in [0.5, 0.6) is 0 Å². The zero-order valence-electron chi connectivity index (χ0n) is 31.5. The largest absolute Gasteiger partial charge is 0.0622 e. The summed E-state index contributed by atoms with van der Waals surface area (Å²) in [7, 11) is 0. The molecule has 0 bridgehead atoms. The van der Waals surface area contributed by atoms with Crippen LogP contribution in [0.3, 0.4) is 0 Å². The molecule has 0 N–H and O–H groups in total. The fourth-order valence-corrected chi connectivity index (χ4v) is 11.1. The summed E-state index contributed by atoms with van der Waals surface area (Å²) in [5.41, 5.74) is 15.8. The fraction of sp³-hybridized carbons (Fsp3) is 0. The van der Waals surface area contributed by atoms with Gasteiger partial charge in [-0.2, -0.15) is 0 Å². The van der Waals surface area contributed by atoms with Gasteiger partial charge in [0, 0.05) is 0 Å². The lowest BCUT2D eigenvalue weighted by atomic mass is 9.80. The van der Waals surface area contributed by atoms with E-state index >= 15 is 0 Å². The van der Waals surface area contributed by atoms with Crippen LogP contribution in [0.15, 0.2) is 194 Å². The molecule has 0 aromatic heterocycles. The number of benzene rings is 12. The maximum Gasteiger partial charge on any atom is -0.000719 e. The molecular weight excluding hydrogens is 697 g/mol. The second kappa shape index (κ2) is 11.1. The Morgan fingerprint density at radius 3 is 1.40 bits per heavy atom. The molecule has 0 aliphatic heterocycles. The summed E-state index contributed by atoms with van der Waals surface area (Å²) < 4.78 is 0. The average molecular weight is 729 g/mol. The maximum absolute atomic E-state index is 2.50. The van der Waals surface area contributed by atoms with E-state index in [2.05, 4.69) is 194 Å². The molecular formula is C58H32. The Morgan fingerprint density at radius 1 is 0.190 bits per heavy atom. The van der Waals surface area contributed by atoms with Crippen molar-refractivity contribution in [2.24, 2.45) is 0 Å². The summed E-state index contributed by atoms with van der Waals surface area (Å²) in [6.07, 6.45) is 0. The van der Waals surface area contributed by atoms with Crippen LogP contribution in [0, 0.1) is 0 Å². The Morgan fingerprint density at radius 2 is 0.672 bits per heavy atom. The number of hydrogen-bond donors (Lipinski definition) is 0. The Kier molecular flexibility index (Phi) is 5.85. The standard InChI is InChI=1S/C58H32/c1-3-13-33(14-4-1)52-46-28-27-40-44(26-25-37-29-48-43-23-11-21-41-38-19-9-7-17-35(38)30-50(54(41)43)49(48)32-47(37)40)56(46)53(34-15-5-2-6-16-34)57-45-24-12-22-42-39-20-10-8-18-36(39)31-51(55(42)45)58(52)57/h1-32H. The lowest BCUT2D eigenvalue weighted by Crippen LogP contribution is -1.95. The molecule has 0 saturated heterocycles. The Hall–Kier alpha value is -7.54. The summed E-state index contributed by atoms with van der Waals surface area (Å²) in [5.74, 6) is 0. The van der Waals surface area contributed by atoms with Gasteiger partial charge < -0.3 is 0 Å². The first-order chi connectivity index (χ1) is 28.8. The van der Waals surface area contributed by atoms with Crippen molar-refractivity contribution in [1.29, 1.82) is 0 Å². The summed E-state index contributed by atoms with van der Waals surface area (Å²) in [6, 6.07) is 73.3. The average Bonchev–Trinajstić information content (AvgIpc) is 3.78. The summed E-state index contributed by atoms with van der Waals surface area (Å²) >= 11 is 0. The van der Waals surface area contributed by atoms with Gasteiger partial charge in [0.05, 0.1) is 0 Å². The van der Waals surface area contributed by atoms with Gasteiger partial charge >= 0.3 is 0 Å². The van der Waals surface area contributed by atoms with Gasteiger partial charge in [-0.05, 0) is 166 Å². The van der Waals surface area contributed by atoms with E-state index in [1.165, 1.54) is 142 Å². The van der Waals surface area contributed by atoms with E-state index in [4.69, 9.17) is 0 Å². The highest BCUT2D eigenvalue weighted by Gasteiger charge is 2.32. The predicted octanol–water partition coefficient (Wildman–Crippen LogP) is 16.4. The predicted molar refractivity (Wildman–Crippen MR) is 249 cm³/mol. The van der Waals surface area contributed by atoms with Crippen molar-refractivity contribution < 1.29 is 0 Å². The van der Waals surface area contributed by atoms with Crippen molar-refractivity contribution in [2.75, 3.05) is 0 Å². The smallest absolute Gasteiger partial charge is 0.000719 e. The van der Waals surface area contributed by atoms with E-state index in [-0.39, 0.29) is 0 Å². The molecule has 12 aromatic rings. The van der Waals surface area contributed by atoms with Gasteiger partial charge in [-0.15, -0.1) is 0 Å². The summed E-state index contributed by atoms with van der Waals surface area (Å²) in [5, 5.41) is 18.3. The van der Waals surface area contributed by atoms with Gasteiger partial charge in [0.2, 0.25) is 0 Å². The molecule has 2 aliphatic carbocycles. The number of hydrogen-bond acceptors (Lipinski definition) is 0. The maximum atomic E-state index is 2.50. The molecule has 0 heterocycles. The van der Waals surface area contributed by atoms with Gasteiger partial charge in [0.1, 0.15) is 0 Å². The molecule has 14 rings (SSSR count). The molecule has 58 heavy (non-hydrogen) atoms. The van der Waals surface area contributed by atoms with Gasteiger partial charge in [0.15, 0.2) is 0 Å². The Labute approximate surface area is 334 Å². The molecule has 0 amide bonds. The minimum atomic E-state index is 1.24. The quantitative estimate of drug-likeness (QED) is 0.156. The molecule has 0 fully saturated rings. The van der Waals surface area contributed by atoms with E-state index in [0.717, 1.165) is 0 Å². The number of fused-ring (bicyclic) bond motifs is 15. The lowest BCUT2D eigenvalue weighted by Gasteiger charge is -2.22. The second-order valence-corrected chi connectivity index (χ2v) is 16.2. The van der Waals surface area contributed by atoms with Crippen LogP contribution in [0.1, 0.15) is 0 Å². The van der Waals surface area contributed by atoms with E-state index in [1.807, 2.05) is 0 Å². The van der Waals surface area contributed by atoms with Gasteiger partial charge in [-0.25, -0.2) is 0 Å². The third-order valence-corrected chi connectivity index (χ3v) is 13.4. The van der Waals surface area contributed by atoms with Crippen LogP contribution in [0.2, 0.25) is 0 Å². The zero-order valence-corrected chi connectivity index (χ0v) is 31.5. The van der Waals surface area contributed by atoms with Gasteiger partial charge in [0.25, 0.3) is 0 Å². The SMILES string of the molecule is c1ccc(-c2c3c(c(-c4ccccc4)c4c2ccc2c5cc6c(cc5ccc24)-c2cccc4c2c-6cc2ccccc24)-c2cccc4c2c-3cc2ccccc24)cc1. The molecule has 12 aromatic carbocycles. The minimum absolute atomic E-state index is 1.24. The third-order valence-electron chi connectivity index (χ3n) is 13.4.